The molecule has 1 N–H and O–H groups in total. The Bertz CT molecular complexity index is 552. The molecule has 0 aliphatic carbocycles. The van der Waals surface area contributed by atoms with E-state index in [0.29, 0.717) is 6.04 Å². The summed E-state index contributed by atoms with van der Waals surface area (Å²) >= 11 is 0. The lowest BCUT2D eigenvalue weighted by atomic mass is 10.00. The highest BCUT2D eigenvalue weighted by Gasteiger charge is 2.17. The van der Waals surface area contributed by atoms with Crippen LogP contribution in [0.5, 0.6) is 0 Å². The van der Waals surface area contributed by atoms with Gasteiger partial charge in [0.05, 0.1) is 12.7 Å². The van der Waals surface area contributed by atoms with Gasteiger partial charge in [-0.2, -0.15) is 0 Å². The summed E-state index contributed by atoms with van der Waals surface area (Å²) in [6.45, 7) is 7.37. The van der Waals surface area contributed by atoms with E-state index in [4.69, 9.17) is 0 Å². The molecule has 2 aromatic rings. The van der Waals surface area contributed by atoms with E-state index in [2.05, 4.69) is 51.7 Å². The van der Waals surface area contributed by atoms with Crippen LogP contribution in [0.25, 0.3) is 0 Å². The van der Waals surface area contributed by atoms with Gasteiger partial charge < -0.3 is 5.32 Å². The Morgan fingerprint density at radius 1 is 1.29 bits per heavy atom. The van der Waals surface area contributed by atoms with Gasteiger partial charge in [0.1, 0.15) is 0 Å². The number of hydrogen-bond donors (Lipinski definition) is 1. The number of aromatic nitrogens is 3. The van der Waals surface area contributed by atoms with E-state index < -0.39 is 0 Å². The maximum atomic E-state index is 3.97. The summed E-state index contributed by atoms with van der Waals surface area (Å²) in [5.41, 5.74) is 3.00. The number of nitrogens with zero attached hydrogens (tertiary/aromatic N) is 4. The van der Waals surface area contributed by atoms with Crippen molar-refractivity contribution in [2.75, 3.05) is 19.6 Å². The highest BCUT2D eigenvalue weighted by atomic mass is 15.4. The van der Waals surface area contributed by atoms with Gasteiger partial charge in [0.15, 0.2) is 0 Å². The maximum absolute atomic E-state index is 3.97. The summed E-state index contributed by atoms with van der Waals surface area (Å²) in [6, 6.07) is 9.28. The van der Waals surface area contributed by atoms with E-state index in [1.807, 2.05) is 10.9 Å². The molecule has 0 saturated carbocycles. The average Bonchev–Trinajstić information content (AvgIpc) is 3.00. The first kappa shape index (κ1) is 14.2. The van der Waals surface area contributed by atoms with Gasteiger partial charge in [-0.15, -0.1) is 5.10 Å². The van der Waals surface area contributed by atoms with Gasteiger partial charge in [-0.1, -0.05) is 29.5 Å². The Balaban J connectivity index is 1.42. The quantitative estimate of drug-likeness (QED) is 0.869. The van der Waals surface area contributed by atoms with E-state index in [0.717, 1.165) is 32.7 Å². The van der Waals surface area contributed by atoms with E-state index in [1.165, 1.54) is 17.5 Å². The third kappa shape index (κ3) is 3.89. The molecule has 21 heavy (non-hydrogen) atoms. The van der Waals surface area contributed by atoms with Gasteiger partial charge in [-0.25, -0.2) is 0 Å². The fourth-order valence-electron chi connectivity index (χ4n) is 2.94. The van der Waals surface area contributed by atoms with Crippen LogP contribution >= 0.6 is 0 Å². The minimum atomic E-state index is 0.485. The van der Waals surface area contributed by atoms with E-state index in [9.17, 15) is 0 Å². The van der Waals surface area contributed by atoms with Crippen molar-refractivity contribution < 1.29 is 0 Å². The average molecular weight is 285 g/mol. The fourth-order valence-corrected chi connectivity index (χ4v) is 2.94. The van der Waals surface area contributed by atoms with Crippen molar-refractivity contribution >= 4 is 0 Å². The zero-order chi connectivity index (χ0) is 14.5. The van der Waals surface area contributed by atoms with E-state index >= 15 is 0 Å². The van der Waals surface area contributed by atoms with Crippen LogP contribution in [0.15, 0.2) is 36.7 Å². The Morgan fingerprint density at radius 3 is 2.95 bits per heavy atom. The lowest BCUT2D eigenvalue weighted by molar-refractivity contribution is 0.229. The molecule has 5 nitrogen and oxygen atoms in total. The third-order valence-electron chi connectivity index (χ3n) is 4.05. The van der Waals surface area contributed by atoms with Crippen LogP contribution in [-0.4, -0.2) is 45.6 Å². The van der Waals surface area contributed by atoms with Gasteiger partial charge in [0.25, 0.3) is 0 Å². The summed E-state index contributed by atoms with van der Waals surface area (Å²) in [7, 11) is 0. The van der Waals surface area contributed by atoms with Gasteiger partial charge >= 0.3 is 0 Å². The fraction of sp³-hybridized carbons (Fsp3) is 0.500. The molecule has 5 heteroatoms. The van der Waals surface area contributed by atoms with Gasteiger partial charge in [-0.05, 0) is 24.5 Å². The second-order valence-electron chi connectivity index (χ2n) is 5.78. The van der Waals surface area contributed by atoms with Crippen molar-refractivity contribution in [3.63, 3.8) is 0 Å². The van der Waals surface area contributed by atoms with E-state index in [-0.39, 0.29) is 0 Å². The summed E-state index contributed by atoms with van der Waals surface area (Å²) < 4.78 is 1.86. The number of nitrogens with one attached hydrogen (secondary N) is 1. The monoisotopic (exact) mass is 285 g/mol. The number of benzene rings is 1. The lowest BCUT2D eigenvalue weighted by Gasteiger charge is -2.31. The van der Waals surface area contributed by atoms with Crippen molar-refractivity contribution in [3.8, 4) is 0 Å². The molecule has 0 saturated heterocycles. The molecular weight excluding hydrogens is 262 g/mol. The smallest absolute Gasteiger partial charge is 0.0692 e. The van der Waals surface area contributed by atoms with Crippen molar-refractivity contribution in [3.05, 3.63) is 47.8 Å². The molecule has 0 spiro atoms. The standard InChI is InChI=1S/C16H23N5/c1-14(17-7-10-21-11-8-18-19-21)12-20-9-6-15-4-2-3-5-16(15)13-20/h2-5,8,11,14,17H,6-7,9-10,12-13H2,1H3/t14-/m1/s1. The molecule has 0 fully saturated rings. The normalized spacial score (nSPS) is 16.6. The largest absolute Gasteiger partial charge is 0.311 e. The predicted octanol–water partition coefficient (Wildman–Crippen LogP) is 1.31. The van der Waals surface area contributed by atoms with Crippen LogP contribution in [0.2, 0.25) is 0 Å². The molecule has 0 radical (unpaired) electrons. The highest BCUT2D eigenvalue weighted by molar-refractivity contribution is 5.29. The molecule has 1 aromatic carbocycles. The molecule has 112 valence electrons. The van der Waals surface area contributed by atoms with Crippen LogP contribution in [0.4, 0.5) is 0 Å². The van der Waals surface area contributed by atoms with Crippen molar-refractivity contribution in [1.82, 2.24) is 25.2 Å². The molecule has 3 rings (SSSR count). The van der Waals surface area contributed by atoms with Crippen LogP contribution in [-0.2, 0) is 19.5 Å². The topological polar surface area (TPSA) is 46.0 Å². The molecule has 1 aliphatic heterocycles. The first-order chi connectivity index (χ1) is 10.3. The van der Waals surface area contributed by atoms with E-state index in [1.54, 1.807) is 6.20 Å². The van der Waals surface area contributed by atoms with Crippen molar-refractivity contribution in [2.45, 2.75) is 32.5 Å². The predicted molar refractivity (Wildman–Crippen MR) is 82.9 cm³/mol. The minimum Gasteiger partial charge on any atom is -0.311 e. The van der Waals surface area contributed by atoms with Crippen molar-refractivity contribution in [1.29, 1.82) is 0 Å². The Kier molecular flexibility index (Phi) is 4.62. The molecule has 1 aromatic heterocycles. The summed E-state index contributed by atoms with van der Waals surface area (Å²) in [5, 5.41) is 11.3. The van der Waals surface area contributed by atoms with Crippen LogP contribution in [0.3, 0.4) is 0 Å². The number of hydrogen-bond acceptors (Lipinski definition) is 4. The molecule has 1 atom stereocenters. The second-order valence-corrected chi connectivity index (χ2v) is 5.78. The summed E-state index contributed by atoms with van der Waals surface area (Å²) in [5.74, 6) is 0. The molecule has 0 unspecified atom stereocenters. The minimum absolute atomic E-state index is 0.485. The molecule has 2 heterocycles. The van der Waals surface area contributed by atoms with Gasteiger partial charge in [0.2, 0.25) is 0 Å². The Morgan fingerprint density at radius 2 is 2.14 bits per heavy atom. The zero-order valence-corrected chi connectivity index (χ0v) is 12.6. The lowest BCUT2D eigenvalue weighted by Crippen LogP contribution is -2.42. The summed E-state index contributed by atoms with van der Waals surface area (Å²) in [4.78, 5) is 2.54. The molecule has 0 bridgehead atoms. The highest BCUT2D eigenvalue weighted by Crippen LogP contribution is 2.18. The van der Waals surface area contributed by atoms with Crippen molar-refractivity contribution in [2.24, 2.45) is 0 Å². The van der Waals surface area contributed by atoms with Crippen LogP contribution in [0.1, 0.15) is 18.1 Å². The maximum Gasteiger partial charge on any atom is 0.0692 e. The SMILES string of the molecule is C[C@H](CN1CCc2ccccc2C1)NCCn1ccnn1. The van der Waals surface area contributed by atoms with Crippen LogP contribution < -0.4 is 5.32 Å². The first-order valence-electron chi connectivity index (χ1n) is 7.68. The molecule has 0 amide bonds. The second kappa shape index (κ2) is 6.83. The first-order valence-corrected chi connectivity index (χ1v) is 7.68. The van der Waals surface area contributed by atoms with Gasteiger partial charge in [-0.3, -0.25) is 9.58 Å². The zero-order valence-electron chi connectivity index (χ0n) is 12.6. The summed E-state index contributed by atoms with van der Waals surface area (Å²) in [6.07, 6.45) is 4.78. The van der Waals surface area contributed by atoms with Gasteiger partial charge in [0, 0.05) is 38.4 Å². The Labute approximate surface area is 126 Å². The van der Waals surface area contributed by atoms with Crippen LogP contribution in [0, 0.1) is 0 Å². The Hall–Kier alpha value is -1.72. The number of fused-ring (bicyclic) bond motifs is 1. The molecule has 1 aliphatic rings. The third-order valence-corrected chi connectivity index (χ3v) is 4.05. The molecular formula is C16H23N5. The number of rotatable bonds is 6.